The molecule has 0 fully saturated rings. The van der Waals surface area contributed by atoms with Crippen molar-refractivity contribution >= 4 is 45.0 Å². The topological polar surface area (TPSA) is 66.5 Å². The molecule has 0 unspecified atom stereocenters. The average Bonchev–Trinajstić information content (AvgIpc) is 2.55. The second-order valence-corrected chi connectivity index (χ2v) is 8.77. The Morgan fingerprint density at radius 3 is 2.56 bits per heavy atom. The van der Waals surface area contributed by atoms with Gasteiger partial charge in [-0.15, -0.1) is 11.8 Å². The first-order valence-corrected chi connectivity index (χ1v) is 9.91. The lowest BCUT2D eigenvalue weighted by Gasteiger charge is -2.13. The van der Waals surface area contributed by atoms with E-state index in [0.717, 1.165) is 16.1 Å². The van der Waals surface area contributed by atoms with E-state index >= 15 is 0 Å². The Labute approximate surface area is 155 Å². The molecule has 25 heavy (non-hydrogen) atoms. The van der Waals surface area contributed by atoms with Crippen LogP contribution in [0.2, 0.25) is 5.02 Å². The quantitative estimate of drug-likeness (QED) is 0.751. The van der Waals surface area contributed by atoms with E-state index in [2.05, 4.69) is 5.32 Å². The molecule has 0 saturated heterocycles. The number of rotatable bonds is 6. The first-order chi connectivity index (χ1) is 11.7. The Morgan fingerprint density at radius 2 is 1.92 bits per heavy atom. The monoisotopic (exact) mass is 402 g/mol. The summed E-state index contributed by atoms with van der Waals surface area (Å²) in [6.07, 6.45) is 0. The number of carbonyl (C=O) groups is 1. The first kappa shape index (κ1) is 19.7. The summed E-state index contributed by atoms with van der Waals surface area (Å²) in [6.45, 7) is 0. The fourth-order valence-electron chi connectivity index (χ4n) is 1.86. The summed E-state index contributed by atoms with van der Waals surface area (Å²) in [6, 6.07) is 10.2. The van der Waals surface area contributed by atoms with Crippen LogP contribution in [0.4, 0.5) is 10.1 Å². The number of anilines is 1. The van der Waals surface area contributed by atoms with Gasteiger partial charge < -0.3 is 5.32 Å². The summed E-state index contributed by atoms with van der Waals surface area (Å²) in [5.74, 6) is -0.867. The van der Waals surface area contributed by atoms with Crippen LogP contribution in [0, 0.1) is 5.82 Å². The molecule has 1 N–H and O–H groups in total. The van der Waals surface area contributed by atoms with E-state index in [1.807, 2.05) is 0 Å². The molecule has 0 saturated carbocycles. The maximum absolute atomic E-state index is 13.5. The lowest BCUT2D eigenvalue weighted by Crippen LogP contribution is -2.22. The van der Waals surface area contributed by atoms with Crippen molar-refractivity contribution in [3.8, 4) is 0 Å². The van der Waals surface area contributed by atoms with Gasteiger partial charge in [-0.05, 0) is 30.3 Å². The van der Waals surface area contributed by atoms with Gasteiger partial charge in [-0.3, -0.25) is 4.79 Å². The Morgan fingerprint density at radius 1 is 1.24 bits per heavy atom. The summed E-state index contributed by atoms with van der Waals surface area (Å²) in [7, 11) is -0.824. The number of hydrogen-bond acceptors (Lipinski definition) is 4. The minimum absolute atomic E-state index is 0.0129. The summed E-state index contributed by atoms with van der Waals surface area (Å²) < 4.78 is 38.9. The highest BCUT2D eigenvalue weighted by molar-refractivity contribution is 8.00. The molecular weight excluding hydrogens is 387 g/mol. The molecular formula is C16H16ClFN2O3S2. The number of nitrogens with one attached hydrogen (secondary N) is 1. The van der Waals surface area contributed by atoms with E-state index in [-0.39, 0.29) is 21.4 Å². The molecule has 9 heteroatoms. The number of halogens is 2. The second-order valence-electron chi connectivity index (χ2n) is 5.20. The first-order valence-electron chi connectivity index (χ1n) is 7.11. The predicted molar refractivity (Wildman–Crippen MR) is 98.1 cm³/mol. The maximum Gasteiger partial charge on any atom is 0.242 e. The number of carbonyl (C=O) groups excluding carboxylic acids is 1. The zero-order valence-electron chi connectivity index (χ0n) is 13.5. The van der Waals surface area contributed by atoms with Gasteiger partial charge in [-0.2, -0.15) is 0 Å². The van der Waals surface area contributed by atoms with Gasteiger partial charge >= 0.3 is 0 Å². The van der Waals surface area contributed by atoms with Crippen molar-refractivity contribution in [2.24, 2.45) is 0 Å². The van der Waals surface area contributed by atoms with Crippen molar-refractivity contribution in [1.82, 2.24) is 4.31 Å². The maximum atomic E-state index is 13.5. The van der Waals surface area contributed by atoms with Crippen LogP contribution in [0.1, 0.15) is 0 Å². The van der Waals surface area contributed by atoms with Gasteiger partial charge in [0.15, 0.2) is 0 Å². The molecule has 0 spiro atoms. The van der Waals surface area contributed by atoms with Gasteiger partial charge in [0, 0.05) is 19.0 Å². The Hall–Kier alpha value is -1.61. The van der Waals surface area contributed by atoms with E-state index in [1.165, 1.54) is 38.4 Å². The van der Waals surface area contributed by atoms with Crippen LogP contribution in [0.3, 0.4) is 0 Å². The van der Waals surface area contributed by atoms with Gasteiger partial charge in [-0.25, -0.2) is 17.1 Å². The summed E-state index contributed by atoms with van der Waals surface area (Å²) in [5.41, 5.74) is 0.184. The second kappa shape index (κ2) is 8.18. The molecule has 0 heterocycles. The Kier molecular flexibility index (Phi) is 6.45. The number of hydrogen-bond donors (Lipinski definition) is 1. The molecule has 2 rings (SSSR count). The van der Waals surface area contributed by atoms with Crippen LogP contribution in [0.5, 0.6) is 0 Å². The third-order valence-electron chi connectivity index (χ3n) is 3.19. The van der Waals surface area contributed by atoms with Crippen LogP contribution in [-0.4, -0.2) is 38.5 Å². The smallest absolute Gasteiger partial charge is 0.242 e. The van der Waals surface area contributed by atoms with E-state index < -0.39 is 21.7 Å². The number of benzene rings is 2. The lowest BCUT2D eigenvalue weighted by molar-refractivity contribution is -0.113. The van der Waals surface area contributed by atoms with Crippen LogP contribution in [0.25, 0.3) is 0 Å². The molecule has 0 aromatic heterocycles. The van der Waals surface area contributed by atoms with Crippen molar-refractivity contribution in [2.75, 3.05) is 25.2 Å². The third-order valence-corrected chi connectivity index (χ3v) is 6.38. The molecule has 0 radical (unpaired) electrons. The van der Waals surface area contributed by atoms with Crippen LogP contribution in [0.15, 0.2) is 52.3 Å². The number of amides is 1. The van der Waals surface area contributed by atoms with Gasteiger partial charge in [0.1, 0.15) is 5.82 Å². The van der Waals surface area contributed by atoms with Gasteiger partial charge in [0.05, 0.1) is 21.4 Å². The van der Waals surface area contributed by atoms with Crippen LogP contribution >= 0.6 is 23.4 Å². The third kappa shape index (κ3) is 4.94. The van der Waals surface area contributed by atoms with Crippen LogP contribution < -0.4 is 5.32 Å². The molecule has 2 aromatic carbocycles. The number of thioether (sulfide) groups is 1. The summed E-state index contributed by atoms with van der Waals surface area (Å²) in [5, 5.41) is 2.76. The highest BCUT2D eigenvalue weighted by Gasteiger charge is 2.19. The standard InChI is InChI=1S/C16H16ClFN2O3S2/c1-20(2)25(22,23)11-7-8-12(17)14(9-11)19-16(21)10-24-15-6-4-3-5-13(15)18/h3-9H,10H2,1-2H3,(H,19,21). The zero-order valence-corrected chi connectivity index (χ0v) is 15.9. The number of nitrogens with zero attached hydrogens (tertiary/aromatic N) is 1. The normalized spacial score (nSPS) is 11.6. The predicted octanol–water partition coefficient (Wildman–Crippen LogP) is 3.46. The van der Waals surface area contributed by atoms with E-state index in [4.69, 9.17) is 11.6 Å². The van der Waals surface area contributed by atoms with E-state index in [0.29, 0.717) is 4.90 Å². The van der Waals surface area contributed by atoms with Crippen molar-refractivity contribution in [1.29, 1.82) is 0 Å². The fourth-order valence-corrected chi connectivity index (χ4v) is 3.70. The molecule has 5 nitrogen and oxygen atoms in total. The van der Waals surface area contributed by atoms with E-state index in [9.17, 15) is 17.6 Å². The van der Waals surface area contributed by atoms with Gasteiger partial charge in [0.2, 0.25) is 15.9 Å². The summed E-state index contributed by atoms with van der Waals surface area (Å²) in [4.78, 5) is 12.4. The Balaban J connectivity index is 2.12. The molecule has 2 aromatic rings. The van der Waals surface area contributed by atoms with Crippen LogP contribution in [-0.2, 0) is 14.8 Å². The molecule has 1 amide bonds. The summed E-state index contributed by atoms with van der Waals surface area (Å²) >= 11 is 7.06. The van der Waals surface area contributed by atoms with E-state index in [1.54, 1.807) is 18.2 Å². The van der Waals surface area contributed by atoms with Gasteiger partial charge in [0.25, 0.3) is 0 Å². The van der Waals surface area contributed by atoms with Crippen molar-refractivity contribution < 1.29 is 17.6 Å². The largest absolute Gasteiger partial charge is 0.324 e. The fraction of sp³-hybridized carbons (Fsp3) is 0.188. The van der Waals surface area contributed by atoms with Crippen molar-refractivity contribution in [3.63, 3.8) is 0 Å². The molecule has 0 bridgehead atoms. The zero-order chi connectivity index (χ0) is 18.6. The molecule has 0 aliphatic carbocycles. The highest BCUT2D eigenvalue weighted by atomic mass is 35.5. The van der Waals surface area contributed by atoms with Gasteiger partial charge in [-0.1, -0.05) is 23.7 Å². The average molecular weight is 403 g/mol. The lowest BCUT2D eigenvalue weighted by atomic mass is 10.3. The minimum Gasteiger partial charge on any atom is -0.324 e. The minimum atomic E-state index is -3.64. The molecule has 134 valence electrons. The van der Waals surface area contributed by atoms with Crippen molar-refractivity contribution in [3.05, 3.63) is 53.3 Å². The molecule has 0 aliphatic rings. The number of sulfonamides is 1. The van der Waals surface area contributed by atoms with Crippen molar-refractivity contribution in [2.45, 2.75) is 9.79 Å². The SMILES string of the molecule is CN(C)S(=O)(=O)c1ccc(Cl)c(NC(=O)CSc2ccccc2F)c1. The highest BCUT2D eigenvalue weighted by Crippen LogP contribution is 2.27. The molecule has 0 atom stereocenters. The molecule has 0 aliphatic heterocycles. The Bertz CT molecular complexity index is 889.